The largest absolute Gasteiger partial charge is 0.322 e. The number of para-hydroxylation sites is 2. The number of carbonyl (C=O) groups excluding carboxylic acids is 3. The smallest absolute Gasteiger partial charge is 0.266 e. The van der Waals surface area contributed by atoms with E-state index in [-0.39, 0.29) is 29.6 Å². The number of amides is 1. The Bertz CT molecular complexity index is 1410. The highest BCUT2D eigenvalue weighted by atomic mass is 16.2. The van der Waals surface area contributed by atoms with E-state index in [0.29, 0.717) is 22.4 Å². The second kappa shape index (κ2) is 7.18. The molecule has 0 fully saturated rings. The number of hydrogen-bond acceptors (Lipinski definition) is 3. The van der Waals surface area contributed by atoms with Crippen LogP contribution in [0.15, 0.2) is 79.6 Å². The number of rotatable bonds is 4. The average molecular weight is 408 g/mol. The third-order valence-corrected chi connectivity index (χ3v) is 5.47. The van der Waals surface area contributed by atoms with Gasteiger partial charge in [0.15, 0.2) is 29.1 Å². The number of benzene rings is 3. The fraction of sp³-hybridized carbons (Fsp3) is 0.0400. The van der Waals surface area contributed by atoms with E-state index >= 15 is 0 Å². The first-order chi connectivity index (χ1) is 15.1. The molecule has 1 aliphatic carbocycles. The van der Waals surface area contributed by atoms with Crippen molar-refractivity contribution in [2.45, 2.75) is 6.54 Å². The molecule has 1 heterocycles. The molecule has 4 aromatic rings. The number of hydrogen-bond donors (Lipinski definition) is 1. The van der Waals surface area contributed by atoms with E-state index in [2.05, 4.69) is 11.9 Å². The first-order valence-electron chi connectivity index (χ1n) is 9.81. The third-order valence-electron chi connectivity index (χ3n) is 5.47. The van der Waals surface area contributed by atoms with Gasteiger partial charge in [-0.05, 0) is 18.2 Å². The van der Waals surface area contributed by atoms with Crippen molar-refractivity contribution in [2.75, 3.05) is 5.32 Å². The molecule has 1 aliphatic rings. The Kier molecular flexibility index (Phi) is 4.33. The summed E-state index contributed by atoms with van der Waals surface area (Å²) in [6.07, 6.45) is 3.47. The van der Waals surface area contributed by atoms with Gasteiger partial charge in [-0.3, -0.25) is 14.4 Å². The second-order valence-corrected chi connectivity index (χ2v) is 7.30. The zero-order chi connectivity index (χ0) is 21.5. The van der Waals surface area contributed by atoms with Gasteiger partial charge in [-0.2, -0.15) is 0 Å². The van der Waals surface area contributed by atoms with Gasteiger partial charge >= 0.3 is 0 Å². The number of fused-ring (bicyclic) bond motifs is 3. The molecule has 0 atom stereocenters. The molecule has 5 rings (SSSR count). The number of anilines is 1. The van der Waals surface area contributed by atoms with Gasteiger partial charge in [0.25, 0.3) is 5.91 Å². The Morgan fingerprint density at radius 3 is 2.35 bits per heavy atom. The first-order valence-corrected chi connectivity index (χ1v) is 9.81. The minimum atomic E-state index is -0.301. The number of nitrogens with one attached hydrogen (secondary N) is 1. The maximum absolute atomic E-state index is 13.1. The molecular formula is C25H18N3O3+. The molecule has 0 radical (unpaired) electrons. The van der Waals surface area contributed by atoms with Crippen LogP contribution in [0.25, 0.3) is 17.2 Å². The molecule has 1 aromatic heterocycles. The van der Waals surface area contributed by atoms with Gasteiger partial charge in [-0.1, -0.05) is 55.1 Å². The summed E-state index contributed by atoms with van der Waals surface area (Å²) in [5, 5.41) is 2.82. The van der Waals surface area contributed by atoms with Crippen LogP contribution in [0.2, 0.25) is 0 Å². The zero-order valence-electron chi connectivity index (χ0n) is 16.5. The number of carbonyl (C=O) groups is 3. The predicted molar refractivity (Wildman–Crippen MR) is 117 cm³/mol. The fourth-order valence-electron chi connectivity index (χ4n) is 4.07. The van der Waals surface area contributed by atoms with E-state index in [1.165, 1.54) is 0 Å². The normalized spacial score (nSPS) is 12.4. The van der Waals surface area contributed by atoms with Crippen molar-refractivity contribution >= 4 is 40.4 Å². The van der Waals surface area contributed by atoms with Crippen LogP contribution < -0.4 is 9.88 Å². The van der Waals surface area contributed by atoms with Gasteiger partial charge < -0.3 is 5.32 Å². The molecule has 1 N–H and O–H groups in total. The zero-order valence-corrected chi connectivity index (χ0v) is 16.5. The van der Waals surface area contributed by atoms with Crippen molar-refractivity contribution in [3.05, 3.63) is 102 Å². The van der Waals surface area contributed by atoms with Crippen LogP contribution in [0.3, 0.4) is 0 Å². The highest BCUT2D eigenvalue weighted by Crippen LogP contribution is 2.31. The van der Waals surface area contributed by atoms with Crippen LogP contribution in [0.5, 0.6) is 0 Å². The van der Waals surface area contributed by atoms with Crippen LogP contribution in [-0.2, 0) is 11.3 Å². The van der Waals surface area contributed by atoms with Gasteiger partial charge in [0.1, 0.15) is 0 Å². The minimum Gasteiger partial charge on any atom is -0.322 e. The summed E-state index contributed by atoms with van der Waals surface area (Å²) in [5.41, 5.74) is 3.42. The molecule has 0 saturated heterocycles. The van der Waals surface area contributed by atoms with Crippen molar-refractivity contribution in [1.82, 2.24) is 4.57 Å². The van der Waals surface area contributed by atoms with Gasteiger partial charge in [0, 0.05) is 16.7 Å². The number of nitrogens with zero attached hydrogens (tertiary/aromatic N) is 2. The molecule has 6 nitrogen and oxygen atoms in total. The molecule has 1 amide bonds. The van der Waals surface area contributed by atoms with Crippen molar-refractivity contribution < 1.29 is 19.0 Å². The fourth-order valence-corrected chi connectivity index (χ4v) is 4.07. The Morgan fingerprint density at radius 2 is 1.58 bits per heavy atom. The minimum absolute atomic E-state index is 0.0454. The number of imidazole rings is 1. The lowest BCUT2D eigenvalue weighted by atomic mass is 9.83. The van der Waals surface area contributed by atoms with E-state index < -0.39 is 0 Å². The highest BCUT2D eigenvalue weighted by Gasteiger charge is 2.31. The second-order valence-electron chi connectivity index (χ2n) is 7.30. The molecule has 6 heteroatoms. The summed E-state index contributed by atoms with van der Waals surface area (Å²) in [6, 6.07) is 19.4. The van der Waals surface area contributed by atoms with Crippen LogP contribution in [0.4, 0.5) is 5.69 Å². The van der Waals surface area contributed by atoms with Crippen LogP contribution in [-0.4, -0.2) is 22.0 Å². The SMILES string of the molecule is C=Cn1c[n+](CC(=O)Nc2cccc3c2C(=O)c2ccccc2C3=O)c2ccccc21. The van der Waals surface area contributed by atoms with Crippen molar-refractivity contribution in [1.29, 1.82) is 0 Å². The van der Waals surface area contributed by atoms with Crippen LogP contribution in [0, 0.1) is 0 Å². The maximum Gasteiger partial charge on any atom is 0.266 e. The van der Waals surface area contributed by atoms with Gasteiger partial charge in [-0.25, -0.2) is 9.13 Å². The molecule has 0 saturated carbocycles. The Morgan fingerprint density at radius 1 is 0.903 bits per heavy atom. The van der Waals surface area contributed by atoms with E-state index in [4.69, 9.17) is 0 Å². The quantitative estimate of drug-likeness (QED) is 0.463. The lowest BCUT2D eigenvalue weighted by Crippen LogP contribution is -2.39. The van der Waals surface area contributed by atoms with E-state index in [1.807, 2.05) is 33.4 Å². The summed E-state index contributed by atoms with van der Waals surface area (Å²) in [4.78, 5) is 38.9. The Labute approximate surface area is 178 Å². The van der Waals surface area contributed by atoms with Crippen LogP contribution in [0.1, 0.15) is 31.8 Å². The maximum atomic E-state index is 13.1. The number of aromatic nitrogens is 2. The van der Waals surface area contributed by atoms with Gasteiger partial charge in [-0.15, -0.1) is 0 Å². The third kappa shape index (κ3) is 2.97. The van der Waals surface area contributed by atoms with Crippen molar-refractivity contribution in [3.63, 3.8) is 0 Å². The van der Waals surface area contributed by atoms with Crippen LogP contribution >= 0.6 is 0 Å². The summed E-state index contributed by atoms with van der Waals surface area (Å²) >= 11 is 0. The summed E-state index contributed by atoms with van der Waals surface area (Å²) in [7, 11) is 0. The highest BCUT2D eigenvalue weighted by molar-refractivity contribution is 6.30. The lowest BCUT2D eigenvalue weighted by molar-refractivity contribution is -0.658. The van der Waals surface area contributed by atoms with Crippen molar-refractivity contribution in [3.8, 4) is 0 Å². The van der Waals surface area contributed by atoms with E-state index in [9.17, 15) is 14.4 Å². The number of ketones is 2. The molecule has 3 aromatic carbocycles. The molecule has 0 spiro atoms. The Balaban J connectivity index is 1.48. The molecule has 150 valence electrons. The first kappa shape index (κ1) is 18.7. The summed E-state index contributed by atoms with van der Waals surface area (Å²) < 4.78 is 3.65. The molecular weight excluding hydrogens is 390 g/mol. The Hall–Kier alpha value is -4.32. The predicted octanol–water partition coefficient (Wildman–Crippen LogP) is 3.44. The lowest BCUT2D eigenvalue weighted by Gasteiger charge is -2.20. The molecule has 31 heavy (non-hydrogen) atoms. The average Bonchev–Trinajstić information content (AvgIpc) is 3.15. The molecule has 0 aliphatic heterocycles. The topological polar surface area (TPSA) is 72.0 Å². The summed E-state index contributed by atoms with van der Waals surface area (Å²) in [6.45, 7) is 3.85. The molecule has 0 bridgehead atoms. The molecule has 0 unspecified atom stereocenters. The van der Waals surface area contributed by atoms with Gasteiger partial charge in [0.2, 0.25) is 6.33 Å². The van der Waals surface area contributed by atoms with E-state index in [1.54, 1.807) is 55.0 Å². The monoisotopic (exact) mass is 408 g/mol. The van der Waals surface area contributed by atoms with Crippen molar-refractivity contribution in [2.24, 2.45) is 0 Å². The van der Waals surface area contributed by atoms with Gasteiger partial charge in [0.05, 0.1) is 17.5 Å². The standard InChI is InChI=1S/C25H17N3O3/c1-2-27-15-28(21-13-6-5-12-20(21)27)14-22(29)26-19-11-7-10-18-23(19)25(31)17-9-4-3-8-16(17)24(18)30/h2-13,15H,1,14H2/p+1. The van der Waals surface area contributed by atoms with E-state index in [0.717, 1.165) is 11.0 Å². The summed E-state index contributed by atoms with van der Waals surface area (Å²) in [5.74, 6) is -0.786.